The average Bonchev–Trinajstić information content (AvgIpc) is 2.61. The minimum atomic E-state index is -1.76. The van der Waals surface area contributed by atoms with Crippen LogP contribution in [0.15, 0.2) is 24.3 Å². The van der Waals surface area contributed by atoms with Crippen LogP contribution in [0.1, 0.15) is 5.56 Å². The van der Waals surface area contributed by atoms with Crippen LogP contribution in [0.2, 0.25) is 0 Å². The van der Waals surface area contributed by atoms with Gasteiger partial charge in [-0.25, -0.2) is 0 Å². The second kappa shape index (κ2) is 3.67. The number of para-hydroxylation sites is 1. The molecule has 1 amide bonds. The maximum Gasteiger partial charge on any atom is 0.267 e. The molecule has 1 aliphatic heterocycles. The molecule has 0 bridgehead atoms. The van der Waals surface area contributed by atoms with E-state index in [1.54, 1.807) is 36.4 Å². The number of carbonyl (C=O) groups excluding carboxylic acids is 1. The van der Waals surface area contributed by atoms with E-state index in [4.69, 9.17) is 16.9 Å². The summed E-state index contributed by atoms with van der Waals surface area (Å²) in [5.74, 6) is 1.79. The number of hydrogen-bond acceptors (Lipinski definition) is 3. The summed E-state index contributed by atoms with van der Waals surface area (Å²) in [5.41, 5.74) is -0.809. The Morgan fingerprint density at radius 3 is 2.53 bits per heavy atom. The minimum Gasteiger partial charge on any atom is -0.298 e. The van der Waals surface area contributed by atoms with Gasteiger partial charge in [0.15, 0.2) is 0 Å². The lowest BCUT2D eigenvalue weighted by Gasteiger charge is -2.14. The number of rotatable bonds is 1. The predicted octanol–water partition coefficient (Wildman–Crippen LogP) is 0.951. The van der Waals surface area contributed by atoms with E-state index in [0.29, 0.717) is 11.3 Å². The molecule has 0 unspecified atom stereocenters. The van der Waals surface area contributed by atoms with E-state index in [1.807, 2.05) is 0 Å². The van der Waals surface area contributed by atoms with Crippen molar-refractivity contribution in [3.8, 4) is 24.5 Å². The van der Waals surface area contributed by atoms with Crippen LogP contribution in [0, 0.1) is 35.0 Å². The zero-order chi connectivity index (χ0) is 12.5. The smallest absolute Gasteiger partial charge is 0.267 e. The number of amides is 1. The quantitative estimate of drug-likeness (QED) is 0.663. The molecular weight excluding hydrogens is 214 g/mol. The highest BCUT2D eigenvalue weighted by Gasteiger charge is 2.52. The summed E-state index contributed by atoms with van der Waals surface area (Å²) in [7, 11) is 0. The lowest BCUT2D eigenvalue weighted by molar-refractivity contribution is -0.119. The maximum absolute atomic E-state index is 12.1. The van der Waals surface area contributed by atoms with Gasteiger partial charge in [0.1, 0.15) is 0 Å². The molecule has 2 rings (SSSR count). The molecule has 0 aliphatic carbocycles. The third kappa shape index (κ3) is 1.20. The molecule has 0 spiro atoms. The topological polar surface area (TPSA) is 67.9 Å². The number of anilines is 1. The second-order valence-electron chi connectivity index (χ2n) is 3.59. The fourth-order valence-electron chi connectivity index (χ4n) is 1.94. The maximum atomic E-state index is 12.1. The second-order valence-corrected chi connectivity index (χ2v) is 3.59. The molecule has 1 aromatic carbocycles. The van der Waals surface area contributed by atoms with Crippen molar-refractivity contribution in [2.45, 2.75) is 5.41 Å². The van der Waals surface area contributed by atoms with E-state index < -0.39 is 11.3 Å². The first kappa shape index (κ1) is 10.7. The highest BCUT2D eigenvalue weighted by Crippen LogP contribution is 2.40. The van der Waals surface area contributed by atoms with Gasteiger partial charge in [0.25, 0.3) is 5.91 Å². The zero-order valence-corrected chi connectivity index (χ0v) is 8.84. The van der Waals surface area contributed by atoms with E-state index >= 15 is 0 Å². The Hall–Kier alpha value is -2.77. The first-order valence-electron chi connectivity index (χ1n) is 4.88. The molecule has 0 saturated carbocycles. The minimum absolute atomic E-state index is 0.0565. The van der Waals surface area contributed by atoms with Gasteiger partial charge in [-0.2, -0.15) is 10.5 Å². The molecule has 0 fully saturated rings. The van der Waals surface area contributed by atoms with Gasteiger partial charge in [-0.3, -0.25) is 9.69 Å². The van der Waals surface area contributed by atoms with Crippen LogP contribution in [0.4, 0.5) is 5.69 Å². The van der Waals surface area contributed by atoms with Crippen molar-refractivity contribution >= 4 is 11.6 Å². The van der Waals surface area contributed by atoms with Crippen LogP contribution in [-0.4, -0.2) is 12.5 Å². The molecule has 1 heterocycles. The van der Waals surface area contributed by atoms with E-state index in [-0.39, 0.29) is 6.54 Å². The van der Waals surface area contributed by atoms with Gasteiger partial charge in [-0.1, -0.05) is 24.1 Å². The van der Waals surface area contributed by atoms with E-state index in [2.05, 4.69) is 5.92 Å². The monoisotopic (exact) mass is 221 g/mol. The van der Waals surface area contributed by atoms with Crippen molar-refractivity contribution in [1.29, 1.82) is 10.5 Å². The fraction of sp³-hybridized carbons (Fsp3) is 0.154. The number of carbonyl (C=O) groups is 1. The highest BCUT2D eigenvalue weighted by atomic mass is 16.2. The molecule has 1 aromatic rings. The molecule has 0 N–H and O–H groups in total. The van der Waals surface area contributed by atoms with Crippen molar-refractivity contribution in [3.63, 3.8) is 0 Å². The van der Waals surface area contributed by atoms with Crippen molar-refractivity contribution in [1.82, 2.24) is 0 Å². The van der Waals surface area contributed by atoms with Crippen molar-refractivity contribution in [3.05, 3.63) is 29.8 Å². The largest absolute Gasteiger partial charge is 0.298 e. The van der Waals surface area contributed by atoms with Crippen LogP contribution in [0.25, 0.3) is 0 Å². The fourth-order valence-corrected chi connectivity index (χ4v) is 1.94. The lowest BCUT2D eigenvalue weighted by Crippen LogP contribution is -2.38. The number of hydrogen-bond donors (Lipinski definition) is 0. The van der Waals surface area contributed by atoms with Crippen molar-refractivity contribution < 1.29 is 4.79 Å². The van der Waals surface area contributed by atoms with Gasteiger partial charge < -0.3 is 0 Å². The van der Waals surface area contributed by atoms with Gasteiger partial charge in [0.05, 0.1) is 24.4 Å². The molecule has 4 nitrogen and oxygen atoms in total. The Morgan fingerprint density at radius 1 is 1.29 bits per heavy atom. The molecule has 80 valence electrons. The summed E-state index contributed by atoms with van der Waals surface area (Å²) in [6.07, 6.45) is 5.19. The number of benzene rings is 1. The number of nitriles is 2. The normalized spacial score (nSPS) is 15.6. The van der Waals surface area contributed by atoms with Crippen molar-refractivity contribution in [2.24, 2.45) is 0 Å². The molecule has 0 aromatic heterocycles. The Balaban J connectivity index is 2.72. The summed E-state index contributed by atoms with van der Waals surface area (Å²) in [6, 6.07) is 10.3. The first-order chi connectivity index (χ1) is 8.21. The number of fused-ring (bicyclic) bond motifs is 1. The van der Waals surface area contributed by atoms with Crippen molar-refractivity contribution in [2.75, 3.05) is 11.4 Å². The zero-order valence-electron chi connectivity index (χ0n) is 8.84. The Labute approximate surface area is 98.7 Å². The summed E-state index contributed by atoms with van der Waals surface area (Å²) in [5, 5.41) is 18.3. The molecule has 0 atom stereocenters. The molecule has 0 saturated heterocycles. The van der Waals surface area contributed by atoms with E-state index in [9.17, 15) is 4.79 Å². The number of nitrogens with zero attached hydrogens (tertiary/aromatic N) is 3. The average molecular weight is 221 g/mol. The molecule has 1 aliphatic rings. The Bertz CT molecular complexity index is 599. The van der Waals surface area contributed by atoms with Crippen LogP contribution < -0.4 is 4.90 Å². The molecule has 4 heteroatoms. The SMILES string of the molecule is C#CCN1C(=O)C(C#N)(C#N)c2ccccc21. The predicted molar refractivity (Wildman–Crippen MR) is 60.5 cm³/mol. The summed E-state index contributed by atoms with van der Waals surface area (Å²) >= 11 is 0. The van der Waals surface area contributed by atoms with Gasteiger partial charge in [0, 0.05) is 5.56 Å². The molecule has 0 radical (unpaired) electrons. The van der Waals surface area contributed by atoms with Crippen LogP contribution in [0.3, 0.4) is 0 Å². The van der Waals surface area contributed by atoms with E-state index in [0.717, 1.165) is 0 Å². The summed E-state index contributed by atoms with van der Waals surface area (Å²) in [6.45, 7) is 0.0565. The van der Waals surface area contributed by atoms with Crippen LogP contribution >= 0.6 is 0 Å². The highest BCUT2D eigenvalue weighted by molar-refractivity contribution is 6.12. The summed E-state index contributed by atoms with van der Waals surface area (Å²) < 4.78 is 0. The third-order valence-electron chi connectivity index (χ3n) is 2.75. The van der Waals surface area contributed by atoms with Gasteiger partial charge in [0.2, 0.25) is 5.41 Å². The Kier molecular flexibility index (Phi) is 2.32. The summed E-state index contributed by atoms with van der Waals surface area (Å²) in [4.78, 5) is 13.4. The molecular formula is C13H7N3O. The first-order valence-corrected chi connectivity index (χ1v) is 4.88. The van der Waals surface area contributed by atoms with Crippen LogP contribution in [-0.2, 0) is 10.2 Å². The number of terminal acetylenes is 1. The van der Waals surface area contributed by atoms with Crippen LogP contribution in [0.5, 0.6) is 0 Å². The van der Waals surface area contributed by atoms with Gasteiger partial charge in [-0.05, 0) is 6.07 Å². The van der Waals surface area contributed by atoms with E-state index in [1.165, 1.54) is 4.90 Å². The Morgan fingerprint density at radius 2 is 1.94 bits per heavy atom. The standard InChI is InChI=1S/C13H7N3O/c1-2-7-16-11-6-4-3-5-10(11)13(8-14,9-15)12(16)17/h1,3-6H,7H2. The lowest BCUT2D eigenvalue weighted by atomic mass is 9.85. The third-order valence-corrected chi connectivity index (χ3v) is 2.75. The van der Waals surface area contributed by atoms with Gasteiger partial charge >= 0.3 is 0 Å². The molecule has 17 heavy (non-hydrogen) atoms. The van der Waals surface area contributed by atoms with Gasteiger partial charge in [-0.15, -0.1) is 6.42 Å².